The topological polar surface area (TPSA) is 58.2 Å². The number of rotatable bonds is 7. The molecule has 2 N–H and O–H groups in total. The molecule has 31 heavy (non-hydrogen) atoms. The van der Waals surface area contributed by atoms with E-state index >= 15 is 0 Å². The molecule has 0 spiro atoms. The zero-order chi connectivity index (χ0) is 22.4. The molecular formula is C23H18Cl2F2N2O2. The maximum Gasteiger partial charge on any atom is 0.228 e. The van der Waals surface area contributed by atoms with Gasteiger partial charge in [-0.25, -0.2) is 8.78 Å². The lowest BCUT2D eigenvalue weighted by atomic mass is 10.1. The van der Waals surface area contributed by atoms with Gasteiger partial charge in [-0.2, -0.15) is 0 Å². The van der Waals surface area contributed by atoms with Crippen molar-refractivity contribution in [1.29, 1.82) is 0 Å². The van der Waals surface area contributed by atoms with Gasteiger partial charge >= 0.3 is 0 Å². The van der Waals surface area contributed by atoms with Gasteiger partial charge in [0.2, 0.25) is 11.8 Å². The van der Waals surface area contributed by atoms with Crippen molar-refractivity contribution in [2.24, 2.45) is 0 Å². The lowest BCUT2D eigenvalue weighted by Crippen LogP contribution is -2.25. The maximum atomic E-state index is 13.9. The highest BCUT2D eigenvalue weighted by atomic mass is 35.5. The van der Waals surface area contributed by atoms with E-state index in [1.165, 1.54) is 36.4 Å². The van der Waals surface area contributed by atoms with Gasteiger partial charge in [-0.1, -0.05) is 47.5 Å². The van der Waals surface area contributed by atoms with Crippen LogP contribution in [0.1, 0.15) is 16.7 Å². The Kier molecular flexibility index (Phi) is 7.60. The van der Waals surface area contributed by atoms with Crippen LogP contribution in [0, 0.1) is 11.6 Å². The fraction of sp³-hybridized carbons (Fsp3) is 0.130. The largest absolute Gasteiger partial charge is 0.352 e. The van der Waals surface area contributed by atoms with E-state index in [1.54, 1.807) is 24.3 Å². The predicted molar refractivity (Wildman–Crippen MR) is 117 cm³/mol. The highest BCUT2D eigenvalue weighted by Crippen LogP contribution is 2.21. The summed E-state index contributed by atoms with van der Waals surface area (Å²) in [6.07, 6.45) is -0.402. The van der Waals surface area contributed by atoms with Crippen molar-refractivity contribution in [2.75, 3.05) is 5.32 Å². The van der Waals surface area contributed by atoms with Crippen molar-refractivity contribution >= 4 is 40.7 Å². The number of amides is 2. The average molecular weight is 463 g/mol. The van der Waals surface area contributed by atoms with Gasteiger partial charge in [0, 0.05) is 33.4 Å². The van der Waals surface area contributed by atoms with Gasteiger partial charge in [-0.3, -0.25) is 9.59 Å². The van der Waals surface area contributed by atoms with Crippen LogP contribution in [0.2, 0.25) is 10.0 Å². The molecule has 8 heteroatoms. The molecule has 3 rings (SSSR count). The summed E-state index contributed by atoms with van der Waals surface area (Å²) in [5.74, 6) is -1.91. The summed E-state index contributed by atoms with van der Waals surface area (Å²) in [6, 6.07) is 15.3. The highest BCUT2D eigenvalue weighted by molar-refractivity contribution is 6.31. The van der Waals surface area contributed by atoms with E-state index in [0.717, 1.165) is 5.56 Å². The Morgan fingerprint density at radius 2 is 1.32 bits per heavy atom. The first-order valence-corrected chi connectivity index (χ1v) is 10.1. The van der Waals surface area contributed by atoms with E-state index in [0.29, 0.717) is 5.69 Å². The van der Waals surface area contributed by atoms with Crippen LogP contribution < -0.4 is 10.6 Å². The molecule has 0 fully saturated rings. The van der Waals surface area contributed by atoms with E-state index in [9.17, 15) is 18.4 Å². The quantitative estimate of drug-likeness (QED) is 0.499. The molecule has 3 aromatic rings. The molecule has 0 heterocycles. The molecule has 0 aliphatic rings. The van der Waals surface area contributed by atoms with Gasteiger partial charge in [0.25, 0.3) is 0 Å². The molecule has 0 unspecified atom stereocenters. The predicted octanol–water partition coefficient (Wildman–Crippen LogP) is 5.31. The average Bonchev–Trinajstić information content (AvgIpc) is 2.72. The minimum Gasteiger partial charge on any atom is -0.352 e. The second-order valence-electron chi connectivity index (χ2n) is 6.78. The standard InChI is InChI=1S/C23H18Cl2F2N2O2/c24-18-6-2-8-20(26)16(18)11-22(30)28-13-14-4-1-5-15(10-14)29-23(31)12-17-19(25)7-3-9-21(17)27/h1-10H,11-13H2,(H,28,30)(H,29,31). The lowest BCUT2D eigenvalue weighted by Gasteiger charge is -2.10. The van der Waals surface area contributed by atoms with Gasteiger partial charge in [0.15, 0.2) is 0 Å². The number of anilines is 1. The van der Waals surface area contributed by atoms with Crippen LogP contribution in [-0.4, -0.2) is 11.8 Å². The van der Waals surface area contributed by atoms with Gasteiger partial charge in [0.1, 0.15) is 11.6 Å². The van der Waals surface area contributed by atoms with Gasteiger partial charge in [-0.05, 0) is 42.0 Å². The van der Waals surface area contributed by atoms with Crippen molar-refractivity contribution in [1.82, 2.24) is 5.32 Å². The van der Waals surface area contributed by atoms with Crippen LogP contribution in [-0.2, 0) is 29.0 Å². The second kappa shape index (κ2) is 10.4. The Morgan fingerprint density at radius 3 is 1.90 bits per heavy atom. The van der Waals surface area contributed by atoms with Crippen molar-refractivity contribution in [2.45, 2.75) is 19.4 Å². The number of carbonyl (C=O) groups excluding carboxylic acids is 2. The molecule has 0 radical (unpaired) electrons. The number of benzene rings is 3. The van der Waals surface area contributed by atoms with E-state index in [4.69, 9.17) is 23.2 Å². The maximum absolute atomic E-state index is 13.9. The lowest BCUT2D eigenvalue weighted by molar-refractivity contribution is -0.120. The molecule has 160 valence electrons. The van der Waals surface area contributed by atoms with Crippen LogP contribution in [0.5, 0.6) is 0 Å². The van der Waals surface area contributed by atoms with Crippen LogP contribution in [0.4, 0.5) is 14.5 Å². The summed E-state index contributed by atoms with van der Waals surface area (Å²) >= 11 is 11.9. The molecule has 2 amide bonds. The molecule has 0 bridgehead atoms. The van der Waals surface area contributed by atoms with E-state index in [-0.39, 0.29) is 40.6 Å². The van der Waals surface area contributed by atoms with Crippen LogP contribution in [0.25, 0.3) is 0 Å². The summed E-state index contributed by atoms with van der Waals surface area (Å²) in [4.78, 5) is 24.4. The zero-order valence-corrected chi connectivity index (χ0v) is 17.7. The first-order valence-electron chi connectivity index (χ1n) is 9.34. The van der Waals surface area contributed by atoms with Crippen molar-refractivity contribution in [3.05, 3.63) is 99.0 Å². The number of carbonyl (C=O) groups is 2. The van der Waals surface area contributed by atoms with Crippen molar-refractivity contribution in [3.8, 4) is 0 Å². The van der Waals surface area contributed by atoms with E-state index in [1.807, 2.05) is 0 Å². The first kappa shape index (κ1) is 22.7. The van der Waals surface area contributed by atoms with Crippen LogP contribution in [0.3, 0.4) is 0 Å². The fourth-order valence-electron chi connectivity index (χ4n) is 2.95. The third-order valence-corrected chi connectivity index (χ3v) is 5.21. The SMILES string of the molecule is O=C(Cc1c(F)cccc1Cl)NCc1cccc(NC(=O)Cc2c(F)cccc2Cl)c1. The molecule has 0 atom stereocenters. The number of hydrogen-bond donors (Lipinski definition) is 2. The molecule has 0 saturated heterocycles. The van der Waals surface area contributed by atoms with Gasteiger partial charge in [0.05, 0.1) is 12.8 Å². The Hall–Kier alpha value is -2.96. The monoisotopic (exact) mass is 462 g/mol. The van der Waals surface area contributed by atoms with Crippen LogP contribution in [0.15, 0.2) is 60.7 Å². The molecule has 4 nitrogen and oxygen atoms in total. The van der Waals surface area contributed by atoms with Gasteiger partial charge < -0.3 is 10.6 Å². The molecule has 3 aromatic carbocycles. The summed E-state index contributed by atoms with van der Waals surface area (Å²) in [5.41, 5.74) is 1.46. The third-order valence-electron chi connectivity index (χ3n) is 4.50. The van der Waals surface area contributed by atoms with Crippen molar-refractivity contribution in [3.63, 3.8) is 0 Å². The minimum atomic E-state index is -0.547. The zero-order valence-electron chi connectivity index (χ0n) is 16.2. The molecule has 0 aromatic heterocycles. The molecule has 0 saturated carbocycles. The number of hydrogen-bond acceptors (Lipinski definition) is 2. The summed E-state index contributed by atoms with van der Waals surface area (Å²) in [5, 5.41) is 5.75. The van der Waals surface area contributed by atoms with E-state index < -0.39 is 23.4 Å². The Morgan fingerprint density at radius 1 is 0.774 bits per heavy atom. The molecular weight excluding hydrogens is 445 g/mol. The Balaban J connectivity index is 1.57. The van der Waals surface area contributed by atoms with Crippen molar-refractivity contribution < 1.29 is 18.4 Å². The Bertz CT molecular complexity index is 1080. The third kappa shape index (κ3) is 6.26. The molecule has 0 aliphatic heterocycles. The summed E-state index contributed by atoms with van der Waals surface area (Å²) in [7, 11) is 0. The fourth-order valence-corrected chi connectivity index (χ4v) is 3.41. The highest BCUT2D eigenvalue weighted by Gasteiger charge is 2.13. The first-order chi connectivity index (χ1) is 14.8. The normalized spacial score (nSPS) is 10.6. The second-order valence-corrected chi connectivity index (χ2v) is 7.59. The minimum absolute atomic E-state index is 0.122. The summed E-state index contributed by atoms with van der Waals surface area (Å²) in [6.45, 7) is 0.174. The van der Waals surface area contributed by atoms with E-state index in [2.05, 4.69) is 10.6 Å². The Labute approximate surface area is 188 Å². The van der Waals surface area contributed by atoms with Crippen LogP contribution >= 0.6 is 23.2 Å². The number of halogens is 4. The molecule has 0 aliphatic carbocycles. The smallest absolute Gasteiger partial charge is 0.228 e. The summed E-state index contributed by atoms with van der Waals surface area (Å²) < 4.78 is 27.7. The van der Waals surface area contributed by atoms with Gasteiger partial charge in [-0.15, -0.1) is 0 Å². The number of nitrogens with one attached hydrogen (secondary N) is 2.